The average Bonchev–Trinajstić information content (AvgIpc) is 2.39. The largest absolute Gasteiger partial charge is 0.366 e. The van der Waals surface area contributed by atoms with E-state index in [4.69, 9.17) is 5.73 Å². The number of anilines is 1. The van der Waals surface area contributed by atoms with Gasteiger partial charge in [-0.05, 0) is 50.8 Å². The Morgan fingerprint density at radius 2 is 2.16 bits per heavy atom. The van der Waals surface area contributed by atoms with E-state index in [0.717, 1.165) is 23.5 Å². The number of nitrogens with zero attached hydrogens (tertiary/aromatic N) is 2. The second-order valence-electron chi connectivity index (χ2n) is 5.45. The maximum Gasteiger partial charge on any atom is 0.144 e. The number of aromatic nitrogens is 1. The SMILES string of the molecule is Cc1cc(C)c(C#N)c(NC2CCCCC2CN)n1. The molecule has 1 saturated carbocycles. The fourth-order valence-electron chi connectivity index (χ4n) is 2.94. The Hall–Kier alpha value is -1.60. The van der Waals surface area contributed by atoms with Crippen molar-refractivity contribution < 1.29 is 0 Å². The van der Waals surface area contributed by atoms with Gasteiger partial charge in [-0.25, -0.2) is 4.98 Å². The van der Waals surface area contributed by atoms with Crippen molar-refractivity contribution in [2.75, 3.05) is 11.9 Å². The first-order chi connectivity index (χ1) is 9.15. The molecule has 1 aromatic heterocycles. The summed E-state index contributed by atoms with van der Waals surface area (Å²) in [5, 5.41) is 12.8. The Kier molecular flexibility index (Phi) is 4.39. The molecule has 2 unspecified atom stereocenters. The lowest BCUT2D eigenvalue weighted by molar-refractivity contribution is 0.332. The van der Waals surface area contributed by atoms with Gasteiger partial charge in [-0.3, -0.25) is 0 Å². The van der Waals surface area contributed by atoms with E-state index in [9.17, 15) is 5.26 Å². The third-order valence-corrected chi connectivity index (χ3v) is 3.99. The second-order valence-corrected chi connectivity index (χ2v) is 5.45. The Bertz CT molecular complexity index is 490. The van der Waals surface area contributed by atoms with Gasteiger partial charge in [-0.2, -0.15) is 5.26 Å². The molecule has 0 aliphatic heterocycles. The van der Waals surface area contributed by atoms with Crippen molar-refractivity contribution in [3.8, 4) is 6.07 Å². The van der Waals surface area contributed by atoms with Crippen LogP contribution >= 0.6 is 0 Å². The van der Waals surface area contributed by atoms with Gasteiger partial charge in [0, 0.05) is 11.7 Å². The van der Waals surface area contributed by atoms with Gasteiger partial charge in [0.25, 0.3) is 0 Å². The highest BCUT2D eigenvalue weighted by Crippen LogP contribution is 2.28. The van der Waals surface area contributed by atoms with Gasteiger partial charge in [-0.15, -0.1) is 0 Å². The molecule has 0 amide bonds. The highest BCUT2D eigenvalue weighted by atomic mass is 15.0. The molecule has 4 nitrogen and oxygen atoms in total. The van der Waals surface area contributed by atoms with Crippen molar-refractivity contribution in [2.24, 2.45) is 11.7 Å². The fourth-order valence-corrected chi connectivity index (χ4v) is 2.94. The van der Waals surface area contributed by atoms with E-state index in [-0.39, 0.29) is 0 Å². The predicted molar refractivity (Wildman–Crippen MR) is 76.8 cm³/mol. The molecule has 1 aliphatic rings. The van der Waals surface area contributed by atoms with Crippen LogP contribution in [0.5, 0.6) is 0 Å². The van der Waals surface area contributed by atoms with Crippen LogP contribution in [0, 0.1) is 31.1 Å². The Morgan fingerprint density at radius 3 is 2.84 bits per heavy atom. The maximum absolute atomic E-state index is 9.29. The molecule has 1 fully saturated rings. The maximum atomic E-state index is 9.29. The van der Waals surface area contributed by atoms with Crippen molar-refractivity contribution >= 4 is 5.82 Å². The van der Waals surface area contributed by atoms with Crippen molar-refractivity contribution in [1.82, 2.24) is 4.98 Å². The minimum absolute atomic E-state index is 0.347. The van der Waals surface area contributed by atoms with Gasteiger partial charge in [0.1, 0.15) is 11.9 Å². The molecule has 2 rings (SSSR count). The van der Waals surface area contributed by atoms with Crippen LogP contribution in [-0.2, 0) is 0 Å². The molecule has 1 aliphatic carbocycles. The third kappa shape index (κ3) is 3.05. The molecule has 1 aromatic rings. The number of hydrogen-bond donors (Lipinski definition) is 2. The van der Waals surface area contributed by atoms with E-state index in [2.05, 4.69) is 16.4 Å². The van der Waals surface area contributed by atoms with Gasteiger partial charge in [0.2, 0.25) is 0 Å². The average molecular weight is 258 g/mol. The van der Waals surface area contributed by atoms with Crippen LogP contribution in [0.4, 0.5) is 5.82 Å². The Morgan fingerprint density at radius 1 is 1.42 bits per heavy atom. The van der Waals surface area contributed by atoms with Crippen molar-refractivity contribution in [1.29, 1.82) is 5.26 Å². The molecule has 0 saturated heterocycles. The summed E-state index contributed by atoms with van der Waals surface area (Å²) < 4.78 is 0. The minimum atomic E-state index is 0.347. The molecule has 0 radical (unpaired) electrons. The molecule has 1 heterocycles. The first kappa shape index (κ1) is 13.8. The number of nitriles is 1. The smallest absolute Gasteiger partial charge is 0.144 e. The summed E-state index contributed by atoms with van der Waals surface area (Å²) in [5.41, 5.74) is 8.44. The molecule has 102 valence electrons. The molecule has 3 N–H and O–H groups in total. The number of rotatable bonds is 3. The minimum Gasteiger partial charge on any atom is -0.366 e. The van der Waals surface area contributed by atoms with E-state index >= 15 is 0 Å². The summed E-state index contributed by atoms with van der Waals surface area (Å²) in [6, 6.07) is 4.55. The molecule has 19 heavy (non-hydrogen) atoms. The van der Waals surface area contributed by atoms with E-state index in [1.54, 1.807) is 0 Å². The summed E-state index contributed by atoms with van der Waals surface area (Å²) in [6.07, 6.45) is 4.76. The quantitative estimate of drug-likeness (QED) is 0.873. The van der Waals surface area contributed by atoms with Crippen LogP contribution in [-0.4, -0.2) is 17.6 Å². The molecular formula is C15H22N4. The van der Waals surface area contributed by atoms with E-state index < -0.39 is 0 Å². The molecule has 0 bridgehead atoms. The molecule has 0 aromatic carbocycles. The number of nitrogens with one attached hydrogen (secondary N) is 1. The van der Waals surface area contributed by atoms with Crippen molar-refractivity contribution in [3.63, 3.8) is 0 Å². The van der Waals surface area contributed by atoms with E-state index in [1.807, 2.05) is 19.9 Å². The fraction of sp³-hybridized carbons (Fsp3) is 0.600. The van der Waals surface area contributed by atoms with Gasteiger partial charge >= 0.3 is 0 Å². The molecular weight excluding hydrogens is 236 g/mol. The Balaban J connectivity index is 2.25. The highest BCUT2D eigenvalue weighted by molar-refractivity contribution is 5.56. The summed E-state index contributed by atoms with van der Waals surface area (Å²) in [4.78, 5) is 4.49. The number of hydrogen-bond acceptors (Lipinski definition) is 4. The van der Waals surface area contributed by atoms with E-state index in [1.165, 1.54) is 19.3 Å². The van der Waals surface area contributed by atoms with Gasteiger partial charge in [-0.1, -0.05) is 12.8 Å². The van der Waals surface area contributed by atoms with Crippen LogP contribution in [0.15, 0.2) is 6.07 Å². The topological polar surface area (TPSA) is 74.7 Å². The molecule has 4 heteroatoms. The number of pyridine rings is 1. The number of aryl methyl sites for hydroxylation is 2. The second kappa shape index (κ2) is 6.03. The van der Waals surface area contributed by atoms with Gasteiger partial charge in [0.05, 0.1) is 5.56 Å². The van der Waals surface area contributed by atoms with Crippen LogP contribution < -0.4 is 11.1 Å². The van der Waals surface area contributed by atoms with E-state index in [0.29, 0.717) is 24.1 Å². The summed E-state index contributed by atoms with van der Waals surface area (Å²) >= 11 is 0. The number of nitrogens with two attached hydrogens (primary N) is 1. The predicted octanol–water partition coefficient (Wildman–Crippen LogP) is 2.50. The van der Waals surface area contributed by atoms with Crippen LogP contribution in [0.25, 0.3) is 0 Å². The standard InChI is InChI=1S/C15H22N4/c1-10-7-11(2)18-15(13(10)9-17)19-14-6-4-3-5-12(14)8-16/h7,12,14H,3-6,8,16H2,1-2H3,(H,18,19). The van der Waals surface area contributed by atoms with Crippen molar-refractivity contribution in [3.05, 3.63) is 22.9 Å². The highest BCUT2D eigenvalue weighted by Gasteiger charge is 2.25. The molecule has 2 atom stereocenters. The summed E-state index contributed by atoms with van der Waals surface area (Å²) in [6.45, 7) is 4.62. The zero-order valence-corrected chi connectivity index (χ0v) is 11.7. The lowest BCUT2D eigenvalue weighted by Gasteiger charge is -2.32. The van der Waals surface area contributed by atoms with Crippen LogP contribution in [0.1, 0.15) is 42.5 Å². The lowest BCUT2D eigenvalue weighted by Crippen LogP contribution is -2.37. The van der Waals surface area contributed by atoms with Crippen LogP contribution in [0.2, 0.25) is 0 Å². The zero-order valence-electron chi connectivity index (χ0n) is 11.7. The Labute approximate surface area is 115 Å². The summed E-state index contributed by atoms with van der Waals surface area (Å²) in [5.74, 6) is 1.22. The lowest BCUT2D eigenvalue weighted by atomic mass is 9.84. The normalized spacial score (nSPS) is 22.8. The van der Waals surface area contributed by atoms with Gasteiger partial charge < -0.3 is 11.1 Å². The first-order valence-electron chi connectivity index (χ1n) is 7.00. The first-order valence-corrected chi connectivity index (χ1v) is 7.00. The third-order valence-electron chi connectivity index (χ3n) is 3.99. The zero-order chi connectivity index (χ0) is 13.8. The monoisotopic (exact) mass is 258 g/mol. The molecule has 0 spiro atoms. The summed E-state index contributed by atoms with van der Waals surface area (Å²) in [7, 11) is 0. The van der Waals surface area contributed by atoms with Gasteiger partial charge in [0.15, 0.2) is 0 Å². The van der Waals surface area contributed by atoms with Crippen molar-refractivity contribution in [2.45, 2.75) is 45.6 Å². The van der Waals surface area contributed by atoms with Crippen LogP contribution in [0.3, 0.4) is 0 Å².